The Labute approximate surface area is 134 Å². The molecule has 0 saturated heterocycles. The van der Waals surface area contributed by atoms with Gasteiger partial charge in [-0.2, -0.15) is 0 Å². The fraction of sp³-hybridized carbons (Fsp3) is 0.176. The second-order valence-corrected chi connectivity index (χ2v) is 5.27. The fourth-order valence-corrected chi connectivity index (χ4v) is 2.02. The van der Waals surface area contributed by atoms with Crippen LogP contribution in [0.2, 0.25) is 5.02 Å². The van der Waals surface area contributed by atoms with Crippen molar-refractivity contribution in [3.05, 3.63) is 59.1 Å². The summed E-state index contributed by atoms with van der Waals surface area (Å²) < 4.78 is 0. The number of amides is 2. The number of rotatable bonds is 5. The second-order valence-electron chi connectivity index (χ2n) is 4.84. The van der Waals surface area contributed by atoms with Crippen molar-refractivity contribution in [2.75, 3.05) is 10.6 Å². The molecular formula is C17H17ClN2O2. The van der Waals surface area contributed by atoms with Crippen molar-refractivity contribution < 1.29 is 9.59 Å². The first-order chi connectivity index (χ1) is 10.6. The highest BCUT2D eigenvalue weighted by atomic mass is 35.5. The Morgan fingerprint density at radius 3 is 2.00 bits per heavy atom. The smallest absolute Gasteiger partial charge is 0.255 e. The van der Waals surface area contributed by atoms with E-state index in [4.69, 9.17) is 11.6 Å². The van der Waals surface area contributed by atoms with E-state index in [0.29, 0.717) is 28.4 Å². The van der Waals surface area contributed by atoms with Crippen LogP contribution in [-0.2, 0) is 4.79 Å². The van der Waals surface area contributed by atoms with E-state index in [9.17, 15) is 9.59 Å². The largest absolute Gasteiger partial charge is 0.326 e. The average molecular weight is 317 g/mol. The minimum Gasteiger partial charge on any atom is -0.326 e. The van der Waals surface area contributed by atoms with Crippen LogP contribution in [0.4, 0.5) is 11.4 Å². The second kappa shape index (κ2) is 7.61. The van der Waals surface area contributed by atoms with Crippen LogP contribution in [-0.4, -0.2) is 11.8 Å². The fourth-order valence-electron chi connectivity index (χ4n) is 1.89. The molecule has 0 atom stereocenters. The molecule has 0 aromatic heterocycles. The molecule has 22 heavy (non-hydrogen) atoms. The maximum Gasteiger partial charge on any atom is 0.255 e. The number of benzene rings is 2. The van der Waals surface area contributed by atoms with Crippen molar-refractivity contribution in [2.24, 2.45) is 0 Å². The molecule has 114 valence electrons. The minimum atomic E-state index is -0.209. The zero-order chi connectivity index (χ0) is 15.9. The van der Waals surface area contributed by atoms with Gasteiger partial charge in [-0.25, -0.2) is 0 Å². The molecule has 5 heteroatoms. The Morgan fingerprint density at radius 2 is 1.45 bits per heavy atom. The highest BCUT2D eigenvalue weighted by Crippen LogP contribution is 2.16. The van der Waals surface area contributed by atoms with Crippen molar-refractivity contribution in [3.8, 4) is 0 Å². The lowest BCUT2D eigenvalue weighted by atomic mass is 10.2. The molecular weight excluding hydrogens is 300 g/mol. The molecule has 0 aliphatic rings. The molecule has 2 aromatic carbocycles. The van der Waals surface area contributed by atoms with Crippen LogP contribution in [0, 0.1) is 0 Å². The van der Waals surface area contributed by atoms with Crippen molar-refractivity contribution in [1.29, 1.82) is 0 Å². The number of nitrogens with one attached hydrogen (secondary N) is 2. The molecule has 0 aliphatic heterocycles. The molecule has 0 aliphatic carbocycles. The normalized spacial score (nSPS) is 10.1. The molecule has 2 N–H and O–H groups in total. The summed E-state index contributed by atoms with van der Waals surface area (Å²) >= 11 is 5.79. The van der Waals surface area contributed by atoms with Gasteiger partial charge in [0.2, 0.25) is 5.91 Å². The maximum absolute atomic E-state index is 12.0. The van der Waals surface area contributed by atoms with Crippen LogP contribution >= 0.6 is 11.6 Å². The lowest BCUT2D eigenvalue weighted by molar-refractivity contribution is -0.116. The summed E-state index contributed by atoms with van der Waals surface area (Å²) in [4.78, 5) is 23.5. The molecule has 0 heterocycles. The molecule has 0 spiro atoms. The van der Waals surface area contributed by atoms with Gasteiger partial charge in [0.1, 0.15) is 0 Å². The van der Waals surface area contributed by atoms with Crippen molar-refractivity contribution in [2.45, 2.75) is 19.8 Å². The van der Waals surface area contributed by atoms with E-state index in [0.717, 1.165) is 6.42 Å². The van der Waals surface area contributed by atoms with Gasteiger partial charge in [0, 0.05) is 28.4 Å². The maximum atomic E-state index is 12.0. The standard InChI is InChI=1S/C17H17ClN2O2/c1-2-3-16(21)19-14-8-10-15(11-9-14)20-17(22)12-4-6-13(18)7-5-12/h4-11H,2-3H2,1H3,(H,19,21)(H,20,22). The highest BCUT2D eigenvalue weighted by Gasteiger charge is 2.06. The Kier molecular flexibility index (Phi) is 5.55. The molecule has 0 unspecified atom stereocenters. The molecule has 0 fully saturated rings. The molecule has 2 rings (SSSR count). The Morgan fingerprint density at radius 1 is 0.909 bits per heavy atom. The number of hydrogen-bond donors (Lipinski definition) is 2. The van der Waals surface area contributed by atoms with E-state index < -0.39 is 0 Å². The van der Waals surface area contributed by atoms with E-state index >= 15 is 0 Å². The van der Waals surface area contributed by atoms with Gasteiger partial charge in [0.05, 0.1) is 0 Å². The minimum absolute atomic E-state index is 0.0135. The number of carbonyl (C=O) groups excluding carboxylic acids is 2. The van der Waals surface area contributed by atoms with E-state index in [1.807, 2.05) is 6.92 Å². The molecule has 4 nitrogen and oxygen atoms in total. The van der Waals surface area contributed by atoms with E-state index in [2.05, 4.69) is 10.6 Å². The number of halogens is 1. The topological polar surface area (TPSA) is 58.2 Å². The predicted octanol–water partition coefficient (Wildman–Crippen LogP) is 4.33. The Hall–Kier alpha value is -2.33. The first kappa shape index (κ1) is 16.0. The summed E-state index contributed by atoms with van der Waals surface area (Å²) in [6.45, 7) is 1.95. The van der Waals surface area contributed by atoms with Crippen molar-refractivity contribution >= 4 is 34.8 Å². The van der Waals surface area contributed by atoms with Crippen LogP contribution in [0.15, 0.2) is 48.5 Å². The molecule has 2 aromatic rings. The van der Waals surface area contributed by atoms with Crippen molar-refractivity contribution in [3.63, 3.8) is 0 Å². The lowest BCUT2D eigenvalue weighted by Crippen LogP contribution is -2.12. The monoisotopic (exact) mass is 316 g/mol. The van der Waals surface area contributed by atoms with Gasteiger partial charge in [-0.3, -0.25) is 9.59 Å². The highest BCUT2D eigenvalue weighted by molar-refractivity contribution is 6.30. The lowest BCUT2D eigenvalue weighted by Gasteiger charge is -2.08. The van der Waals surface area contributed by atoms with Gasteiger partial charge in [-0.1, -0.05) is 18.5 Å². The van der Waals surface area contributed by atoms with Gasteiger partial charge in [-0.05, 0) is 55.0 Å². The quantitative estimate of drug-likeness (QED) is 0.862. The third-order valence-corrected chi connectivity index (χ3v) is 3.26. The van der Waals surface area contributed by atoms with Crippen LogP contribution in [0.3, 0.4) is 0 Å². The summed E-state index contributed by atoms with van der Waals surface area (Å²) in [6, 6.07) is 13.7. The van der Waals surface area contributed by atoms with Crippen LogP contribution in [0.25, 0.3) is 0 Å². The third-order valence-electron chi connectivity index (χ3n) is 3.01. The van der Waals surface area contributed by atoms with Gasteiger partial charge in [0.15, 0.2) is 0 Å². The van der Waals surface area contributed by atoms with Crippen molar-refractivity contribution in [1.82, 2.24) is 0 Å². The summed E-state index contributed by atoms with van der Waals surface area (Å²) in [5.74, 6) is -0.222. The number of carbonyl (C=O) groups is 2. The number of anilines is 2. The van der Waals surface area contributed by atoms with Crippen LogP contribution in [0.5, 0.6) is 0 Å². The van der Waals surface area contributed by atoms with E-state index in [1.165, 1.54) is 0 Å². The van der Waals surface area contributed by atoms with Gasteiger partial charge in [0.25, 0.3) is 5.91 Å². The zero-order valence-corrected chi connectivity index (χ0v) is 13.0. The van der Waals surface area contributed by atoms with Crippen LogP contribution < -0.4 is 10.6 Å². The molecule has 2 amide bonds. The van der Waals surface area contributed by atoms with Gasteiger partial charge < -0.3 is 10.6 Å². The zero-order valence-electron chi connectivity index (χ0n) is 12.2. The number of hydrogen-bond acceptors (Lipinski definition) is 2. The SMILES string of the molecule is CCCC(=O)Nc1ccc(NC(=O)c2ccc(Cl)cc2)cc1. The summed E-state index contributed by atoms with van der Waals surface area (Å²) in [6.07, 6.45) is 1.30. The first-order valence-corrected chi connectivity index (χ1v) is 7.43. The molecule has 0 saturated carbocycles. The Bertz CT molecular complexity index is 651. The van der Waals surface area contributed by atoms with Crippen LogP contribution in [0.1, 0.15) is 30.1 Å². The average Bonchev–Trinajstić information content (AvgIpc) is 2.50. The summed E-state index contributed by atoms with van der Waals surface area (Å²) in [5.41, 5.74) is 1.90. The molecule has 0 bridgehead atoms. The molecule has 0 radical (unpaired) electrons. The predicted molar refractivity (Wildman–Crippen MR) is 89.4 cm³/mol. The Balaban J connectivity index is 1.97. The first-order valence-electron chi connectivity index (χ1n) is 7.05. The van der Waals surface area contributed by atoms with Gasteiger partial charge >= 0.3 is 0 Å². The summed E-state index contributed by atoms with van der Waals surface area (Å²) in [5, 5.41) is 6.17. The van der Waals surface area contributed by atoms with Gasteiger partial charge in [-0.15, -0.1) is 0 Å². The van der Waals surface area contributed by atoms with E-state index in [1.54, 1.807) is 48.5 Å². The van der Waals surface area contributed by atoms with E-state index in [-0.39, 0.29) is 11.8 Å². The third kappa shape index (κ3) is 4.60. The summed E-state index contributed by atoms with van der Waals surface area (Å²) in [7, 11) is 0.